The molecule has 0 spiro atoms. The average molecular weight is 310 g/mol. The van der Waals surface area contributed by atoms with Crippen LogP contribution in [0.1, 0.15) is 22.4 Å². The minimum Gasteiger partial charge on any atom is -0.487 e. The van der Waals surface area contributed by atoms with Crippen molar-refractivity contribution in [2.45, 2.75) is 19.4 Å². The lowest BCUT2D eigenvalue weighted by molar-refractivity contribution is 0.300. The van der Waals surface area contributed by atoms with Crippen LogP contribution in [-0.4, -0.2) is 4.98 Å². The van der Waals surface area contributed by atoms with Crippen molar-refractivity contribution in [1.82, 2.24) is 4.98 Å². The Bertz CT molecular complexity index is 570. The second-order valence-corrected chi connectivity index (χ2v) is 4.49. The van der Waals surface area contributed by atoms with Crippen molar-refractivity contribution >= 4 is 30.1 Å². The zero-order valence-corrected chi connectivity index (χ0v) is 12.9. The minimum absolute atomic E-state index is 0. The van der Waals surface area contributed by atoms with Crippen LogP contribution in [0.15, 0.2) is 43.1 Å². The first-order valence-electron chi connectivity index (χ1n) is 6.10. The predicted molar refractivity (Wildman–Crippen MR) is 86.6 cm³/mol. The second kappa shape index (κ2) is 7.93. The topological polar surface area (TPSA) is 22.1 Å². The Hall–Kier alpha value is -1.51. The van der Waals surface area contributed by atoms with Crippen molar-refractivity contribution in [3.63, 3.8) is 0 Å². The van der Waals surface area contributed by atoms with Crippen LogP contribution in [0.2, 0.25) is 0 Å². The zero-order valence-electron chi connectivity index (χ0n) is 11.3. The fourth-order valence-corrected chi connectivity index (χ4v) is 2.16. The van der Waals surface area contributed by atoms with E-state index >= 15 is 0 Å². The van der Waals surface area contributed by atoms with Gasteiger partial charge in [0.15, 0.2) is 0 Å². The maximum atomic E-state index is 6.01. The number of halogens is 2. The number of aryl methyl sites for hydroxylation is 1. The predicted octanol–water partition coefficient (Wildman–Crippen LogP) is 4.77. The summed E-state index contributed by atoms with van der Waals surface area (Å²) >= 11 is 6.01. The van der Waals surface area contributed by atoms with E-state index in [0.717, 1.165) is 28.1 Å². The van der Waals surface area contributed by atoms with Gasteiger partial charge in [0.25, 0.3) is 0 Å². The lowest BCUT2D eigenvalue weighted by atomic mass is 10.1. The molecule has 0 fully saturated rings. The van der Waals surface area contributed by atoms with Crippen LogP contribution in [-0.2, 0) is 12.5 Å². The number of aromatic nitrogens is 1. The van der Waals surface area contributed by atoms with E-state index in [-0.39, 0.29) is 12.4 Å². The molecule has 0 amide bonds. The van der Waals surface area contributed by atoms with E-state index in [1.54, 1.807) is 12.3 Å². The normalized spacial score (nSPS) is 9.70. The Balaban J connectivity index is 0.00000200. The Labute approximate surface area is 130 Å². The molecule has 0 aliphatic rings. The molecule has 2 nitrogen and oxygen atoms in total. The molecule has 1 aromatic carbocycles. The van der Waals surface area contributed by atoms with Gasteiger partial charge in [-0.15, -0.1) is 24.0 Å². The maximum absolute atomic E-state index is 6.01. The summed E-state index contributed by atoms with van der Waals surface area (Å²) in [5.74, 6) is 1.14. The van der Waals surface area contributed by atoms with Gasteiger partial charge in [-0.25, -0.2) is 0 Å². The van der Waals surface area contributed by atoms with Gasteiger partial charge in [-0.2, -0.15) is 0 Å². The molecule has 0 N–H and O–H groups in total. The fraction of sp³-hybridized carbons (Fsp3) is 0.188. The number of hydrogen-bond acceptors (Lipinski definition) is 2. The largest absolute Gasteiger partial charge is 0.487 e. The molecule has 0 saturated carbocycles. The maximum Gasteiger partial charge on any atom is 0.146 e. The molecule has 106 valence electrons. The molecule has 0 aliphatic carbocycles. The van der Waals surface area contributed by atoms with Crippen molar-refractivity contribution in [3.8, 4) is 5.75 Å². The summed E-state index contributed by atoms with van der Waals surface area (Å²) in [5.41, 5.74) is 3.83. The molecule has 0 radical (unpaired) electrons. The van der Waals surface area contributed by atoms with Gasteiger partial charge in [0.05, 0.1) is 11.6 Å². The van der Waals surface area contributed by atoms with E-state index in [1.807, 2.05) is 37.3 Å². The summed E-state index contributed by atoms with van der Waals surface area (Å²) in [7, 11) is 0. The molecule has 0 saturated heterocycles. The van der Waals surface area contributed by atoms with Gasteiger partial charge in [0.1, 0.15) is 12.4 Å². The van der Waals surface area contributed by atoms with Crippen LogP contribution in [0.5, 0.6) is 5.75 Å². The molecule has 1 aromatic heterocycles. The van der Waals surface area contributed by atoms with Gasteiger partial charge in [-0.05, 0) is 12.5 Å². The molecule has 4 heteroatoms. The third-order valence-corrected chi connectivity index (χ3v) is 3.20. The van der Waals surface area contributed by atoms with Crippen LogP contribution >= 0.6 is 24.0 Å². The molecule has 0 unspecified atom stereocenters. The molecule has 20 heavy (non-hydrogen) atoms. The monoisotopic (exact) mass is 309 g/mol. The van der Waals surface area contributed by atoms with Crippen molar-refractivity contribution in [3.05, 3.63) is 65.5 Å². The summed E-state index contributed by atoms with van der Waals surface area (Å²) in [6.45, 7) is 6.20. The number of alkyl halides is 1. The van der Waals surface area contributed by atoms with Gasteiger partial charge in [-0.1, -0.05) is 43.0 Å². The standard InChI is InChI=1S/C16H16ClNO.ClH/c1-3-14-10-18-12(2)16(15(14)9-17)19-11-13-7-5-4-6-8-13;/h3-8,10H,1,9,11H2,2H3;1H. The number of rotatable bonds is 5. The average Bonchev–Trinajstić information content (AvgIpc) is 2.46. The second-order valence-electron chi connectivity index (χ2n) is 4.22. The Kier molecular flexibility index (Phi) is 6.56. The van der Waals surface area contributed by atoms with E-state index in [2.05, 4.69) is 11.6 Å². The first-order valence-corrected chi connectivity index (χ1v) is 6.63. The zero-order chi connectivity index (χ0) is 13.7. The molecule has 2 aromatic rings. The van der Waals surface area contributed by atoms with Crippen molar-refractivity contribution < 1.29 is 4.74 Å². The molecule has 1 heterocycles. The summed E-state index contributed by atoms with van der Waals surface area (Å²) in [5, 5.41) is 0. The van der Waals surface area contributed by atoms with Crippen LogP contribution in [0, 0.1) is 6.92 Å². The van der Waals surface area contributed by atoms with E-state index in [9.17, 15) is 0 Å². The minimum atomic E-state index is 0. The van der Waals surface area contributed by atoms with E-state index in [4.69, 9.17) is 16.3 Å². The third-order valence-electron chi connectivity index (χ3n) is 2.93. The van der Waals surface area contributed by atoms with Gasteiger partial charge in [0, 0.05) is 17.3 Å². The van der Waals surface area contributed by atoms with Crippen molar-refractivity contribution in [2.75, 3.05) is 0 Å². The molecule has 0 bridgehead atoms. The van der Waals surface area contributed by atoms with Crippen LogP contribution in [0.3, 0.4) is 0 Å². The van der Waals surface area contributed by atoms with Crippen LogP contribution in [0.25, 0.3) is 6.08 Å². The highest BCUT2D eigenvalue weighted by molar-refractivity contribution is 6.17. The smallest absolute Gasteiger partial charge is 0.146 e. The fourth-order valence-electron chi connectivity index (χ4n) is 1.89. The summed E-state index contributed by atoms with van der Waals surface area (Å²) in [6, 6.07) is 10.0. The molecule has 0 aliphatic heterocycles. The highest BCUT2D eigenvalue weighted by Gasteiger charge is 2.11. The Morgan fingerprint density at radius 2 is 2.00 bits per heavy atom. The highest BCUT2D eigenvalue weighted by Crippen LogP contribution is 2.28. The first-order chi connectivity index (χ1) is 9.26. The Morgan fingerprint density at radius 3 is 2.60 bits per heavy atom. The summed E-state index contributed by atoms with van der Waals surface area (Å²) in [6.07, 6.45) is 3.52. The number of pyridine rings is 1. The quantitative estimate of drug-likeness (QED) is 0.742. The molecule has 0 atom stereocenters. The number of ether oxygens (including phenoxy) is 1. The lowest BCUT2D eigenvalue weighted by Gasteiger charge is -2.14. The molecule has 2 rings (SSSR count). The highest BCUT2D eigenvalue weighted by atomic mass is 35.5. The van der Waals surface area contributed by atoms with Gasteiger partial charge >= 0.3 is 0 Å². The lowest BCUT2D eigenvalue weighted by Crippen LogP contribution is -2.03. The molecular formula is C16H17Cl2NO. The van der Waals surface area contributed by atoms with Crippen molar-refractivity contribution in [1.29, 1.82) is 0 Å². The first kappa shape index (κ1) is 16.5. The SMILES string of the molecule is C=Cc1cnc(C)c(OCc2ccccc2)c1CCl.Cl. The third kappa shape index (κ3) is 3.75. The Morgan fingerprint density at radius 1 is 1.30 bits per heavy atom. The number of benzene rings is 1. The van der Waals surface area contributed by atoms with Gasteiger partial charge < -0.3 is 4.74 Å². The van der Waals surface area contributed by atoms with Crippen LogP contribution in [0.4, 0.5) is 0 Å². The van der Waals surface area contributed by atoms with Crippen molar-refractivity contribution in [2.24, 2.45) is 0 Å². The van der Waals surface area contributed by atoms with Gasteiger partial charge in [-0.3, -0.25) is 4.98 Å². The molecular weight excluding hydrogens is 293 g/mol. The van der Waals surface area contributed by atoms with Gasteiger partial charge in [0.2, 0.25) is 0 Å². The van der Waals surface area contributed by atoms with E-state index in [0.29, 0.717) is 12.5 Å². The summed E-state index contributed by atoms with van der Waals surface area (Å²) in [4.78, 5) is 4.32. The van der Waals surface area contributed by atoms with E-state index in [1.165, 1.54) is 0 Å². The van der Waals surface area contributed by atoms with Crippen LogP contribution < -0.4 is 4.74 Å². The summed E-state index contributed by atoms with van der Waals surface area (Å²) < 4.78 is 5.89. The number of hydrogen-bond donors (Lipinski definition) is 0. The van der Waals surface area contributed by atoms with E-state index < -0.39 is 0 Å². The number of nitrogens with zero attached hydrogens (tertiary/aromatic N) is 1.